The molecule has 2 atom stereocenters. The fraction of sp³-hybridized carbons (Fsp3) is 0.394. The normalized spacial score (nSPS) is 14.9. The molecular weight excluding hydrogens is 693 g/mol. The minimum Gasteiger partial charge on any atom is -0.397 e. The van der Waals surface area contributed by atoms with Crippen molar-refractivity contribution in [2.75, 3.05) is 57.9 Å². The zero-order valence-corrected chi connectivity index (χ0v) is 29.1. The molecule has 0 saturated carbocycles. The van der Waals surface area contributed by atoms with Crippen LogP contribution in [0.4, 0.5) is 24.5 Å². The van der Waals surface area contributed by atoms with Crippen molar-refractivity contribution in [3.8, 4) is 17.1 Å². The van der Waals surface area contributed by atoms with Crippen LogP contribution in [0.5, 0.6) is 0 Å². The quantitative estimate of drug-likeness (QED) is 0.222. The van der Waals surface area contributed by atoms with E-state index in [4.69, 9.17) is 17.3 Å². The molecule has 1 aromatic carbocycles. The summed E-state index contributed by atoms with van der Waals surface area (Å²) in [6.07, 6.45) is -1.55. The molecule has 18 heteroatoms. The van der Waals surface area contributed by atoms with Gasteiger partial charge in [-0.15, -0.1) is 0 Å². The number of nitrogen functional groups attached to an aromatic ring is 1. The number of hydrogen-bond donors (Lipinski definition) is 3. The number of nitrogens with zero attached hydrogens (tertiary/aromatic N) is 8. The van der Waals surface area contributed by atoms with Crippen LogP contribution in [0.25, 0.3) is 17.1 Å². The summed E-state index contributed by atoms with van der Waals surface area (Å²) in [4.78, 5) is 53.0. The van der Waals surface area contributed by atoms with E-state index in [0.29, 0.717) is 31.7 Å². The molecule has 0 bridgehead atoms. The number of nitrogens with one attached hydrogen (secondary N) is 1. The predicted octanol–water partition coefficient (Wildman–Crippen LogP) is 3.41. The Hall–Kier alpha value is -5.00. The lowest BCUT2D eigenvalue weighted by Gasteiger charge is -2.37. The Labute approximate surface area is 296 Å². The molecule has 1 aliphatic rings. The van der Waals surface area contributed by atoms with E-state index in [1.54, 1.807) is 16.7 Å². The third-order valence-corrected chi connectivity index (χ3v) is 8.89. The van der Waals surface area contributed by atoms with Crippen LogP contribution >= 0.6 is 11.6 Å². The molecule has 0 aliphatic carbocycles. The topological polar surface area (TPSA) is 168 Å². The van der Waals surface area contributed by atoms with Crippen LogP contribution < -0.4 is 11.1 Å². The second-order valence-electron chi connectivity index (χ2n) is 12.5. The molecule has 4 heterocycles. The molecule has 1 fully saturated rings. The van der Waals surface area contributed by atoms with Gasteiger partial charge in [0.25, 0.3) is 11.8 Å². The number of anilines is 2. The summed E-state index contributed by atoms with van der Waals surface area (Å²) in [5.74, 6) is -1.87. The molecule has 272 valence electrons. The zero-order chi connectivity index (χ0) is 37.2. The number of rotatable bonds is 10. The second kappa shape index (κ2) is 15.1. The zero-order valence-electron chi connectivity index (χ0n) is 28.4. The first-order chi connectivity index (χ1) is 24.0. The summed E-state index contributed by atoms with van der Waals surface area (Å²) in [5.41, 5.74) is 4.84. The van der Waals surface area contributed by atoms with E-state index in [2.05, 4.69) is 20.4 Å². The molecule has 4 aromatic rings. The molecule has 51 heavy (non-hydrogen) atoms. The van der Waals surface area contributed by atoms with Crippen LogP contribution in [0.15, 0.2) is 48.9 Å². The largest absolute Gasteiger partial charge is 0.435 e. The van der Waals surface area contributed by atoms with Crippen LogP contribution in [0, 0.1) is 5.92 Å². The number of amides is 3. The number of pyridine rings is 1. The van der Waals surface area contributed by atoms with Crippen LogP contribution in [-0.2, 0) is 18.0 Å². The maximum atomic E-state index is 14.0. The number of aliphatic hydroxyl groups excluding tert-OH is 1. The van der Waals surface area contributed by atoms with Gasteiger partial charge in [0.2, 0.25) is 5.91 Å². The minimum atomic E-state index is -4.82. The molecule has 3 aromatic heterocycles. The molecule has 3 amide bonds. The van der Waals surface area contributed by atoms with Gasteiger partial charge in [0.15, 0.2) is 17.3 Å². The number of benzene rings is 1. The maximum absolute atomic E-state index is 14.0. The highest BCUT2D eigenvalue weighted by Gasteiger charge is 2.39. The third kappa shape index (κ3) is 8.32. The molecule has 1 aliphatic heterocycles. The average molecular weight is 731 g/mol. The number of halogens is 4. The summed E-state index contributed by atoms with van der Waals surface area (Å²) in [7, 11) is 5.19. The first kappa shape index (κ1) is 37.3. The number of aliphatic hydroxyl groups is 1. The Balaban J connectivity index is 1.26. The van der Waals surface area contributed by atoms with E-state index in [9.17, 15) is 32.7 Å². The van der Waals surface area contributed by atoms with Gasteiger partial charge < -0.3 is 35.4 Å². The van der Waals surface area contributed by atoms with Crippen molar-refractivity contribution in [1.82, 2.24) is 39.0 Å². The summed E-state index contributed by atoms with van der Waals surface area (Å²) >= 11 is 6.48. The SMILES string of the molecule is CC(O)C(CCN(C)C)C(=O)N1CCN(C(=O)c2ccc(NC(=O)c3ncc(-c4cn(-c5ccc(N)cn5)nc4C(F)(F)F)n3C)cc2Cl)CC1. The lowest BCUT2D eigenvalue weighted by atomic mass is 9.97. The highest BCUT2D eigenvalue weighted by molar-refractivity contribution is 6.34. The first-order valence-corrected chi connectivity index (χ1v) is 16.4. The van der Waals surface area contributed by atoms with Crippen LogP contribution in [-0.4, -0.2) is 115 Å². The summed E-state index contributed by atoms with van der Waals surface area (Å²) in [6, 6.07) is 7.22. The smallest absolute Gasteiger partial charge is 0.397 e. The molecular formula is C33H38ClF3N10O4. The number of hydrogen-bond acceptors (Lipinski definition) is 9. The monoisotopic (exact) mass is 730 g/mol. The number of imidazole rings is 1. The highest BCUT2D eigenvalue weighted by atomic mass is 35.5. The van der Waals surface area contributed by atoms with Gasteiger partial charge in [-0.1, -0.05) is 11.6 Å². The molecule has 4 N–H and O–H groups in total. The average Bonchev–Trinajstić information content (AvgIpc) is 3.69. The standard InChI is InChI=1S/C33H38ClF3N10O4/c1-19(48)22(9-10-43(2)3)31(50)45-11-13-46(14-12-45)32(51)23-7-6-21(15-25(23)34)41-30(49)29-40-17-26(44(29)4)24-18-47(42-28(24)33(35,36)37)27-8-5-20(38)16-39-27/h5-8,15-19,22,48H,9-14,38H2,1-4H3,(H,41,49). The number of nitrogens with two attached hydrogens (primary N) is 1. The van der Waals surface area contributed by atoms with Gasteiger partial charge in [-0.25, -0.2) is 14.6 Å². The van der Waals surface area contributed by atoms with Crippen molar-refractivity contribution in [1.29, 1.82) is 0 Å². The van der Waals surface area contributed by atoms with Gasteiger partial charge in [0.1, 0.15) is 0 Å². The second-order valence-corrected chi connectivity index (χ2v) is 12.9. The fourth-order valence-electron chi connectivity index (χ4n) is 5.75. The van der Waals surface area contributed by atoms with E-state index >= 15 is 0 Å². The Morgan fingerprint density at radius 3 is 2.33 bits per heavy atom. The predicted molar refractivity (Wildman–Crippen MR) is 183 cm³/mol. The number of aromatic nitrogens is 5. The van der Waals surface area contributed by atoms with Crippen molar-refractivity contribution in [3.63, 3.8) is 0 Å². The van der Waals surface area contributed by atoms with Gasteiger partial charge in [0, 0.05) is 45.1 Å². The Morgan fingerprint density at radius 2 is 1.75 bits per heavy atom. The highest BCUT2D eigenvalue weighted by Crippen LogP contribution is 2.37. The van der Waals surface area contributed by atoms with Crippen LogP contribution in [0.3, 0.4) is 0 Å². The Morgan fingerprint density at radius 1 is 1.06 bits per heavy atom. The van der Waals surface area contributed by atoms with E-state index in [-0.39, 0.29) is 64.1 Å². The van der Waals surface area contributed by atoms with Gasteiger partial charge in [-0.05, 0) is 64.3 Å². The maximum Gasteiger partial charge on any atom is 0.435 e. The lowest BCUT2D eigenvalue weighted by molar-refractivity contribution is -0.141. The van der Waals surface area contributed by atoms with Gasteiger partial charge in [-0.3, -0.25) is 14.4 Å². The third-order valence-electron chi connectivity index (χ3n) is 8.58. The van der Waals surface area contributed by atoms with Crippen molar-refractivity contribution < 1.29 is 32.7 Å². The number of alkyl halides is 3. The van der Waals surface area contributed by atoms with Gasteiger partial charge in [0.05, 0.1) is 51.9 Å². The van der Waals surface area contributed by atoms with E-state index in [1.165, 1.54) is 48.1 Å². The van der Waals surface area contributed by atoms with E-state index in [0.717, 1.165) is 17.1 Å². The van der Waals surface area contributed by atoms with Crippen molar-refractivity contribution in [2.24, 2.45) is 13.0 Å². The molecule has 0 spiro atoms. The van der Waals surface area contributed by atoms with Crippen LogP contribution in [0.1, 0.15) is 40.0 Å². The van der Waals surface area contributed by atoms with Crippen molar-refractivity contribution >= 4 is 40.7 Å². The molecule has 0 radical (unpaired) electrons. The molecule has 14 nitrogen and oxygen atoms in total. The molecule has 5 rings (SSSR count). The summed E-state index contributed by atoms with van der Waals surface area (Å²) in [5, 5.41) is 16.6. The van der Waals surface area contributed by atoms with E-state index in [1.807, 2.05) is 19.0 Å². The Kier molecular flexibility index (Phi) is 11.0. The molecule has 1 saturated heterocycles. The van der Waals surface area contributed by atoms with Crippen LogP contribution in [0.2, 0.25) is 5.02 Å². The van der Waals surface area contributed by atoms with Gasteiger partial charge in [-0.2, -0.15) is 18.3 Å². The summed E-state index contributed by atoms with van der Waals surface area (Å²) < 4.78 is 44.2. The molecule has 2 unspecified atom stereocenters. The number of carbonyl (C=O) groups excluding carboxylic acids is 3. The van der Waals surface area contributed by atoms with E-state index < -0.39 is 29.8 Å². The van der Waals surface area contributed by atoms with Crippen molar-refractivity contribution in [2.45, 2.75) is 25.6 Å². The lowest BCUT2D eigenvalue weighted by Crippen LogP contribution is -2.53. The first-order valence-electron chi connectivity index (χ1n) is 16.0. The number of carbonyl (C=O) groups is 3. The fourth-order valence-corrected chi connectivity index (χ4v) is 6.01. The minimum absolute atomic E-state index is 0.0232. The Bertz CT molecular complexity index is 1900. The van der Waals surface area contributed by atoms with Crippen molar-refractivity contribution in [3.05, 3.63) is 71.0 Å². The van der Waals surface area contributed by atoms with Gasteiger partial charge >= 0.3 is 6.18 Å². The number of piperazine rings is 1. The summed E-state index contributed by atoms with van der Waals surface area (Å²) in [6.45, 7) is 3.40.